The molecule has 0 heterocycles. The molecule has 6 heteroatoms. The van der Waals surface area contributed by atoms with E-state index in [1.807, 2.05) is 0 Å². The Hall–Kier alpha value is -2.89. The van der Waals surface area contributed by atoms with Crippen LogP contribution in [0.2, 0.25) is 0 Å². The Bertz CT molecular complexity index is 649. The minimum atomic E-state index is -1.13. The van der Waals surface area contributed by atoms with E-state index in [9.17, 15) is 20.0 Å². The highest BCUT2D eigenvalue weighted by atomic mass is 16.6. The molecule has 0 bridgehead atoms. The summed E-state index contributed by atoms with van der Waals surface area (Å²) >= 11 is 0. The second-order valence-corrected chi connectivity index (χ2v) is 3.84. The lowest BCUT2D eigenvalue weighted by Crippen LogP contribution is -1.99. The predicted molar refractivity (Wildman–Crippen MR) is 67.2 cm³/mol. The van der Waals surface area contributed by atoms with Gasteiger partial charge in [0.1, 0.15) is 5.75 Å². The van der Waals surface area contributed by atoms with Crippen LogP contribution in [-0.4, -0.2) is 21.1 Å². The summed E-state index contributed by atoms with van der Waals surface area (Å²) < 4.78 is 0. The van der Waals surface area contributed by atoms with Gasteiger partial charge in [-0.2, -0.15) is 0 Å². The third kappa shape index (κ3) is 2.52. The number of nitro benzene ring substituents is 1. The first kappa shape index (κ1) is 12.6. The minimum Gasteiger partial charge on any atom is -0.508 e. The molecule has 0 amide bonds. The Labute approximate surface area is 107 Å². The highest BCUT2D eigenvalue weighted by molar-refractivity contribution is 5.96. The fourth-order valence-corrected chi connectivity index (χ4v) is 1.72. The van der Waals surface area contributed by atoms with E-state index in [4.69, 9.17) is 5.11 Å². The van der Waals surface area contributed by atoms with E-state index < -0.39 is 10.9 Å². The van der Waals surface area contributed by atoms with Gasteiger partial charge in [0.05, 0.1) is 10.5 Å². The van der Waals surface area contributed by atoms with E-state index in [-0.39, 0.29) is 17.0 Å². The second-order valence-electron chi connectivity index (χ2n) is 3.84. The molecule has 0 saturated heterocycles. The third-order valence-electron chi connectivity index (χ3n) is 2.62. The summed E-state index contributed by atoms with van der Waals surface area (Å²) in [6.07, 6.45) is 0. The highest BCUT2D eigenvalue weighted by Crippen LogP contribution is 2.29. The lowest BCUT2D eigenvalue weighted by Gasteiger charge is -2.06. The molecule has 0 aromatic heterocycles. The maximum Gasteiger partial charge on any atom is 0.336 e. The molecule has 96 valence electrons. The minimum absolute atomic E-state index is 0.0200. The van der Waals surface area contributed by atoms with Crippen LogP contribution in [0.4, 0.5) is 5.69 Å². The van der Waals surface area contributed by atoms with Gasteiger partial charge in [0.2, 0.25) is 0 Å². The van der Waals surface area contributed by atoms with Gasteiger partial charge in [-0.25, -0.2) is 4.79 Å². The van der Waals surface area contributed by atoms with Crippen molar-refractivity contribution in [1.29, 1.82) is 0 Å². The molecule has 0 saturated carbocycles. The molecule has 2 rings (SSSR count). The predicted octanol–water partition coefficient (Wildman–Crippen LogP) is 2.67. The van der Waals surface area contributed by atoms with Crippen LogP contribution in [0.1, 0.15) is 10.4 Å². The molecule has 0 aliphatic carbocycles. The lowest BCUT2D eigenvalue weighted by atomic mass is 9.99. The molecule has 0 spiro atoms. The highest BCUT2D eigenvalue weighted by Gasteiger charge is 2.13. The molecule has 0 unspecified atom stereocenters. The van der Waals surface area contributed by atoms with Crippen LogP contribution in [0.5, 0.6) is 5.75 Å². The van der Waals surface area contributed by atoms with Gasteiger partial charge in [-0.1, -0.05) is 0 Å². The van der Waals surface area contributed by atoms with Crippen molar-refractivity contribution < 1.29 is 19.9 Å². The molecule has 6 nitrogen and oxygen atoms in total. The first-order chi connectivity index (χ1) is 8.99. The average Bonchev–Trinajstić information content (AvgIpc) is 2.38. The van der Waals surface area contributed by atoms with Gasteiger partial charge in [0, 0.05) is 12.1 Å². The molecule has 19 heavy (non-hydrogen) atoms. The van der Waals surface area contributed by atoms with Crippen LogP contribution in [0.25, 0.3) is 11.1 Å². The van der Waals surface area contributed by atoms with E-state index in [2.05, 4.69) is 0 Å². The maximum atomic E-state index is 11.1. The molecule has 0 radical (unpaired) electrons. The fourth-order valence-electron chi connectivity index (χ4n) is 1.72. The summed E-state index contributed by atoms with van der Waals surface area (Å²) in [7, 11) is 0. The zero-order valence-corrected chi connectivity index (χ0v) is 9.61. The quantitative estimate of drug-likeness (QED) is 0.651. The second kappa shape index (κ2) is 4.77. The van der Waals surface area contributed by atoms with Crippen molar-refractivity contribution in [2.24, 2.45) is 0 Å². The summed E-state index contributed by atoms with van der Waals surface area (Å²) in [5, 5.41) is 29.0. The normalized spacial score (nSPS) is 10.1. The van der Waals surface area contributed by atoms with Crippen molar-refractivity contribution in [2.75, 3.05) is 0 Å². The Kier molecular flexibility index (Phi) is 3.15. The number of carboxylic acids is 1. The first-order valence-electron chi connectivity index (χ1n) is 5.30. The molecule has 0 fully saturated rings. The number of nitro groups is 1. The van der Waals surface area contributed by atoms with Crippen molar-refractivity contribution in [3.8, 4) is 16.9 Å². The summed E-state index contributed by atoms with van der Waals surface area (Å²) in [6, 6.07) is 9.33. The summed E-state index contributed by atoms with van der Waals surface area (Å²) in [5.74, 6) is -1.20. The Morgan fingerprint density at radius 2 is 1.74 bits per heavy atom. The number of non-ortho nitro benzene ring substituents is 1. The topological polar surface area (TPSA) is 101 Å². The van der Waals surface area contributed by atoms with E-state index in [0.29, 0.717) is 11.1 Å². The van der Waals surface area contributed by atoms with E-state index in [1.54, 1.807) is 0 Å². The van der Waals surface area contributed by atoms with Crippen molar-refractivity contribution in [1.82, 2.24) is 0 Å². The summed E-state index contributed by atoms with van der Waals surface area (Å²) in [4.78, 5) is 21.1. The van der Waals surface area contributed by atoms with Crippen LogP contribution >= 0.6 is 0 Å². The van der Waals surface area contributed by atoms with Crippen LogP contribution in [0.3, 0.4) is 0 Å². The Morgan fingerprint density at radius 1 is 1.11 bits per heavy atom. The van der Waals surface area contributed by atoms with Gasteiger partial charge in [0.25, 0.3) is 5.69 Å². The monoisotopic (exact) mass is 259 g/mol. The van der Waals surface area contributed by atoms with Gasteiger partial charge in [-0.3, -0.25) is 10.1 Å². The number of hydrogen-bond acceptors (Lipinski definition) is 4. The van der Waals surface area contributed by atoms with Crippen LogP contribution in [0.15, 0.2) is 42.5 Å². The summed E-state index contributed by atoms with van der Waals surface area (Å²) in [6.45, 7) is 0. The number of aromatic carboxylic acids is 1. The number of phenols is 1. The van der Waals surface area contributed by atoms with Crippen LogP contribution in [-0.2, 0) is 0 Å². The smallest absolute Gasteiger partial charge is 0.336 e. The maximum absolute atomic E-state index is 11.1. The zero-order valence-electron chi connectivity index (χ0n) is 9.61. The molecular weight excluding hydrogens is 250 g/mol. The zero-order chi connectivity index (χ0) is 14.0. The number of aromatic hydroxyl groups is 1. The Balaban J connectivity index is 2.54. The molecule has 2 N–H and O–H groups in total. The first-order valence-corrected chi connectivity index (χ1v) is 5.30. The van der Waals surface area contributed by atoms with Crippen molar-refractivity contribution in [3.63, 3.8) is 0 Å². The SMILES string of the molecule is O=C(O)c1ccc(O)cc1-c1ccc([N+](=O)[O-])cc1. The van der Waals surface area contributed by atoms with E-state index in [0.717, 1.165) is 0 Å². The fraction of sp³-hybridized carbons (Fsp3) is 0. The average molecular weight is 259 g/mol. The largest absolute Gasteiger partial charge is 0.508 e. The summed E-state index contributed by atoms with van der Waals surface area (Å²) in [5.41, 5.74) is 0.730. The van der Waals surface area contributed by atoms with Crippen LogP contribution < -0.4 is 0 Å². The number of carboxylic acid groups (broad SMARTS) is 1. The molecule has 0 atom stereocenters. The molecular formula is C13H9NO5. The van der Waals surface area contributed by atoms with Crippen LogP contribution in [0, 0.1) is 10.1 Å². The molecule has 2 aromatic rings. The van der Waals surface area contributed by atoms with Gasteiger partial charge in [-0.15, -0.1) is 0 Å². The molecule has 0 aliphatic rings. The van der Waals surface area contributed by atoms with Gasteiger partial charge >= 0.3 is 5.97 Å². The van der Waals surface area contributed by atoms with E-state index >= 15 is 0 Å². The molecule has 0 aliphatic heterocycles. The third-order valence-corrected chi connectivity index (χ3v) is 2.62. The van der Waals surface area contributed by atoms with Crippen molar-refractivity contribution in [2.45, 2.75) is 0 Å². The number of hydrogen-bond donors (Lipinski definition) is 2. The lowest BCUT2D eigenvalue weighted by molar-refractivity contribution is -0.384. The number of nitrogens with zero attached hydrogens (tertiary/aromatic N) is 1. The number of phenolic OH excluding ortho intramolecular Hbond substituents is 1. The number of rotatable bonds is 3. The van der Waals surface area contributed by atoms with Gasteiger partial charge < -0.3 is 10.2 Å². The number of benzene rings is 2. The molecule has 2 aromatic carbocycles. The van der Waals surface area contributed by atoms with Crippen molar-refractivity contribution >= 4 is 11.7 Å². The van der Waals surface area contributed by atoms with E-state index in [1.165, 1.54) is 42.5 Å². The van der Waals surface area contributed by atoms with Gasteiger partial charge in [0.15, 0.2) is 0 Å². The number of carbonyl (C=O) groups is 1. The Morgan fingerprint density at radius 3 is 2.26 bits per heavy atom. The van der Waals surface area contributed by atoms with Crippen molar-refractivity contribution in [3.05, 3.63) is 58.1 Å². The van der Waals surface area contributed by atoms with Gasteiger partial charge in [-0.05, 0) is 41.5 Å². The standard InChI is InChI=1S/C13H9NO5/c15-10-5-6-11(13(16)17)12(7-10)8-1-3-9(4-2-8)14(18)19/h1-7,15H,(H,16,17).